The highest BCUT2D eigenvalue weighted by Gasteiger charge is 2.21. The zero-order valence-corrected chi connectivity index (χ0v) is 16.5. The predicted octanol–water partition coefficient (Wildman–Crippen LogP) is 3.21. The van der Waals surface area contributed by atoms with Crippen molar-refractivity contribution in [2.45, 2.75) is 26.8 Å². The molecule has 2 N–H and O–H groups in total. The maximum Gasteiger partial charge on any atom is 0.241 e. The topological polar surface area (TPSA) is 70.7 Å². The molecule has 0 bridgehead atoms. The van der Waals surface area contributed by atoms with E-state index in [1.807, 2.05) is 38.1 Å². The number of ether oxygens (including phenoxy) is 1. The number of nitrogens with zero attached hydrogens (tertiary/aromatic N) is 1. The molecule has 2 amide bonds. The minimum atomic E-state index is -0.457. The zero-order valence-electron chi connectivity index (χ0n) is 16.5. The van der Waals surface area contributed by atoms with E-state index >= 15 is 0 Å². The van der Waals surface area contributed by atoms with Crippen LogP contribution in [0.4, 0.5) is 11.4 Å². The normalized spacial score (nSPS) is 11.8. The van der Waals surface area contributed by atoms with Gasteiger partial charge in [0.2, 0.25) is 11.8 Å². The SMILES string of the molecule is COc1cccc(NC(=O)CN(C)C(C)C(=O)Nc2cc(C)ccc2C)c1. The highest BCUT2D eigenvalue weighted by atomic mass is 16.5. The standard InChI is InChI=1S/C21H27N3O3/c1-14-9-10-15(2)19(11-14)23-21(26)16(3)24(4)13-20(25)22-17-7-6-8-18(12-17)27-5/h6-12,16H,13H2,1-5H3,(H,22,25)(H,23,26). The fourth-order valence-corrected chi connectivity index (χ4v) is 2.57. The van der Waals surface area contributed by atoms with Crippen LogP contribution in [0.15, 0.2) is 42.5 Å². The summed E-state index contributed by atoms with van der Waals surface area (Å²) in [6, 6.07) is 12.6. The van der Waals surface area contributed by atoms with Crippen LogP contribution in [-0.2, 0) is 9.59 Å². The third-order valence-electron chi connectivity index (χ3n) is 4.44. The molecular formula is C21H27N3O3. The number of methoxy groups -OCH3 is 1. The summed E-state index contributed by atoms with van der Waals surface area (Å²) in [5.41, 5.74) is 3.52. The maximum atomic E-state index is 12.5. The summed E-state index contributed by atoms with van der Waals surface area (Å²) in [7, 11) is 3.32. The first-order valence-electron chi connectivity index (χ1n) is 8.82. The van der Waals surface area contributed by atoms with Crippen LogP contribution in [0, 0.1) is 13.8 Å². The molecule has 6 heteroatoms. The molecule has 0 fully saturated rings. The molecule has 0 aliphatic heterocycles. The van der Waals surface area contributed by atoms with Crippen LogP contribution in [0.2, 0.25) is 0 Å². The lowest BCUT2D eigenvalue weighted by molar-refractivity contribution is -0.122. The summed E-state index contributed by atoms with van der Waals surface area (Å²) in [6.45, 7) is 5.80. The van der Waals surface area contributed by atoms with Gasteiger partial charge < -0.3 is 15.4 Å². The molecule has 2 aromatic rings. The number of carbonyl (C=O) groups excluding carboxylic acids is 2. The fraction of sp³-hybridized carbons (Fsp3) is 0.333. The number of nitrogens with one attached hydrogen (secondary N) is 2. The van der Waals surface area contributed by atoms with Crippen LogP contribution in [0.5, 0.6) is 5.75 Å². The lowest BCUT2D eigenvalue weighted by atomic mass is 10.1. The van der Waals surface area contributed by atoms with E-state index < -0.39 is 6.04 Å². The molecule has 0 saturated heterocycles. The highest BCUT2D eigenvalue weighted by molar-refractivity contribution is 5.96. The predicted molar refractivity (Wildman–Crippen MR) is 108 cm³/mol. The average molecular weight is 369 g/mol. The van der Waals surface area contributed by atoms with Crippen molar-refractivity contribution in [1.29, 1.82) is 0 Å². The second kappa shape index (κ2) is 9.19. The quantitative estimate of drug-likeness (QED) is 0.786. The van der Waals surface area contributed by atoms with E-state index in [1.165, 1.54) is 0 Å². The number of likely N-dealkylation sites (N-methyl/N-ethyl adjacent to an activating group) is 1. The third kappa shape index (κ3) is 5.82. The van der Waals surface area contributed by atoms with Crippen molar-refractivity contribution in [2.24, 2.45) is 0 Å². The second-order valence-electron chi connectivity index (χ2n) is 6.68. The van der Waals surface area contributed by atoms with E-state index in [4.69, 9.17) is 4.74 Å². The van der Waals surface area contributed by atoms with E-state index in [2.05, 4.69) is 10.6 Å². The third-order valence-corrected chi connectivity index (χ3v) is 4.44. The Kier molecular flexibility index (Phi) is 6.96. The molecule has 0 aromatic heterocycles. The largest absolute Gasteiger partial charge is 0.497 e. The Morgan fingerprint density at radius 3 is 2.56 bits per heavy atom. The molecule has 0 saturated carbocycles. The van der Waals surface area contributed by atoms with Crippen LogP contribution in [0.25, 0.3) is 0 Å². The van der Waals surface area contributed by atoms with Crippen molar-refractivity contribution in [1.82, 2.24) is 4.90 Å². The van der Waals surface area contributed by atoms with E-state index in [9.17, 15) is 9.59 Å². The number of aryl methyl sites for hydroxylation is 2. The van der Waals surface area contributed by atoms with Gasteiger partial charge in [-0.1, -0.05) is 18.2 Å². The van der Waals surface area contributed by atoms with E-state index in [0.717, 1.165) is 16.8 Å². The summed E-state index contributed by atoms with van der Waals surface area (Å²) in [5, 5.41) is 5.76. The number of benzene rings is 2. The van der Waals surface area contributed by atoms with Crippen LogP contribution < -0.4 is 15.4 Å². The Morgan fingerprint density at radius 2 is 1.85 bits per heavy atom. The maximum absolute atomic E-state index is 12.5. The zero-order chi connectivity index (χ0) is 20.0. The molecule has 1 unspecified atom stereocenters. The van der Waals surface area contributed by atoms with Crippen LogP contribution >= 0.6 is 0 Å². The van der Waals surface area contributed by atoms with Crippen molar-refractivity contribution < 1.29 is 14.3 Å². The molecule has 0 radical (unpaired) electrons. The number of hydrogen-bond acceptors (Lipinski definition) is 4. The van der Waals surface area contributed by atoms with Crippen molar-refractivity contribution in [2.75, 3.05) is 31.3 Å². The molecule has 0 aliphatic rings. The highest BCUT2D eigenvalue weighted by Crippen LogP contribution is 2.18. The van der Waals surface area contributed by atoms with Gasteiger partial charge in [-0.15, -0.1) is 0 Å². The summed E-state index contributed by atoms with van der Waals surface area (Å²) in [6.07, 6.45) is 0. The molecule has 2 rings (SSSR count). The molecule has 0 spiro atoms. The van der Waals surface area contributed by atoms with Gasteiger partial charge >= 0.3 is 0 Å². The monoisotopic (exact) mass is 369 g/mol. The van der Waals surface area contributed by atoms with Gasteiger partial charge in [-0.2, -0.15) is 0 Å². The Balaban J connectivity index is 1.93. The Hall–Kier alpha value is -2.86. The van der Waals surface area contributed by atoms with Crippen molar-refractivity contribution in [3.8, 4) is 5.75 Å². The summed E-state index contributed by atoms with van der Waals surface area (Å²) in [5.74, 6) is 0.319. The molecule has 1 atom stereocenters. The summed E-state index contributed by atoms with van der Waals surface area (Å²) < 4.78 is 5.15. The minimum Gasteiger partial charge on any atom is -0.497 e. The van der Waals surface area contributed by atoms with Crippen LogP contribution in [0.1, 0.15) is 18.1 Å². The van der Waals surface area contributed by atoms with Gasteiger partial charge in [-0.05, 0) is 57.1 Å². The van der Waals surface area contributed by atoms with Gasteiger partial charge in [-0.3, -0.25) is 14.5 Å². The molecule has 6 nitrogen and oxygen atoms in total. The lowest BCUT2D eigenvalue weighted by Gasteiger charge is -2.23. The minimum absolute atomic E-state index is 0.0958. The Morgan fingerprint density at radius 1 is 1.11 bits per heavy atom. The van der Waals surface area contributed by atoms with E-state index in [-0.39, 0.29) is 18.4 Å². The van der Waals surface area contributed by atoms with Crippen molar-refractivity contribution >= 4 is 23.2 Å². The summed E-state index contributed by atoms with van der Waals surface area (Å²) >= 11 is 0. The average Bonchev–Trinajstić information content (AvgIpc) is 2.63. The first kappa shape index (κ1) is 20.5. The van der Waals surface area contributed by atoms with Crippen LogP contribution in [-0.4, -0.2) is 43.5 Å². The number of rotatable bonds is 7. The summed E-state index contributed by atoms with van der Waals surface area (Å²) in [4.78, 5) is 26.5. The van der Waals surface area contributed by atoms with Crippen molar-refractivity contribution in [3.05, 3.63) is 53.6 Å². The molecule has 144 valence electrons. The van der Waals surface area contributed by atoms with Gasteiger partial charge in [0, 0.05) is 17.4 Å². The second-order valence-corrected chi connectivity index (χ2v) is 6.68. The molecule has 27 heavy (non-hydrogen) atoms. The van der Waals surface area contributed by atoms with Gasteiger partial charge in [0.1, 0.15) is 5.75 Å². The number of hydrogen-bond donors (Lipinski definition) is 2. The van der Waals surface area contributed by atoms with Gasteiger partial charge in [0.15, 0.2) is 0 Å². The van der Waals surface area contributed by atoms with E-state index in [0.29, 0.717) is 11.4 Å². The lowest BCUT2D eigenvalue weighted by Crippen LogP contribution is -2.43. The van der Waals surface area contributed by atoms with Crippen LogP contribution in [0.3, 0.4) is 0 Å². The smallest absolute Gasteiger partial charge is 0.241 e. The van der Waals surface area contributed by atoms with E-state index in [1.54, 1.807) is 44.2 Å². The molecule has 2 aromatic carbocycles. The van der Waals surface area contributed by atoms with Crippen molar-refractivity contribution in [3.63, 3.8) is 0 Å². The number of anilines is 2. The number of carbonyl (C=O) groups is 2. The molecule has 0 heterocycles. The Bertz CT molecular complexity index is 820. The van der Waals surface area contributed by atoms with Gasteiger partial charge in [-0.25, -0.2) is 0 Å². The molecular weight excluding hydrogens is 342 g/mol. The Labute approximate surface area is 160 Å². The molecule has 0 aliphatic carbocycles. The van der Waals surface area contributed by atoms with Gasteiger partial charge in [0.05, 0.1) is 19.7 Å². The van der Waals surface area contributed by atoms with Gasteiger partial charge in [0.25, 0.3) is 0 Å². The first-order valence-corrected chi connectivity index (χ1v) is 8.82. The number of amides is 2. The fourth-order valence-electron chi connectivity index (χ4n) is 2.57. The first-order chi connectivity index (χ1) is 12.8.